The van der Waals surface area contributed by atoms with E-state index in [2.05, 4.69) is 10.2 Å². The lowest BCUT2D eigenvalue weighted by atomic mass is 10.1. The van der Waals surface area contributed by atoms with Crippen molar-refractivity contribution >= 4 is 35.2 Å². The second kappa shape index (κ2) is 11.1. The monoisotopic (exact) mass is 473 g/mol. The number of amides is 2. The SMILES string of the molecule is COc1ccc(C(=O)N2CCN(C)CC2)cc1NC(=O)/C=C/c1cc(Cl)c(OC)c(OC)c1. The molecule has 3 rings (SSSR count). The number of ether oxygens (including phenoxy) is 3. The van der Waals surface area contributed by atoms with E-state index in [4.69, 9.17) is 25.8 Å². The zero-order valence-electron chi connectivity index (χ0n) is 19.2. The molecule has 0 aromatic heterocycles. The Morgan fingerprint density at radius 1 is 0.970 bits per heavy atom. The third kappa shape index (κ3) is 5.97. The van der Waals surface area contributed by atoms with E-state index in [1.165, 1.54) is 27.4 Å². The molecular weight excluding hydrogens is 446 g/mol. The minimum atomic E-state index is -0.386. The number of rotatable bonds is 7. The van der Waals surface area contributed by atoms with Gasteiger partial charge in [0.2, 0.25) is 5.91 Å². The van der Waals surface area contributed by atoms with E-state index < -0.39 is 0 Å². The summed E-state index contributed by atoms with van der Waals surface area (Å²) in [6.45, 7) is 2.99. The van der Waals surface area contributed by atoms with Gasteiger partial charge in [0.1, 0.15) is 5.75 Å². The van der Waals surface area contributed by atoms with Gasteiger partial charge >= 0.3 is 0 Å². The Hall–Kier alpha value is -3.23. The van der Waals surface area contributed by atoms with Crippen LogP contribution in [-0.2, 0) is 4.79 Å². The van der Waals surface area contributed by atoms with Gasteiger partial charge in [0.25, 0.3) is 5.91 Å². The van der Waals surface area contributed by atoms with Crippen LogP contribution < -0.4 is 19.5 Å². The van der Waals surface area contributed by atoms with E-state index in [0.29, 0.717) is 52.2 Å². The molecule has 2 aromatic carbocycles. The highest BCUT2D eigenvalue weighted by Gasteiger charge is 2.21. The molecule has 0 bridgehead atoms. The molecule has 0 radical (unpaired) electrons. The van der Waals surface area contributed by atoms with Gasteiger partial charge in [0.05, 0.1) is 32.0 Å². The van der Waals surface area contributed by atoms with Gasteiger partial charge in [0, 0.05) is 37.8 Å². The summed E-state index contributed by atoms with van der Waals surface area (Å²) in [4.78, 5) is 29.5. The van der Waals surface area contributed by atoms with E-state index in [1.54, 1.807) is 36.4 Å². The number of nitrogens with one attached hydrogen (secondary N) is 1. The first kappa shape index (κ1) is 24.4. The van der Waals surface area contributed by atoms with Crippen LogP contribution in [0.2, 0.25) is 5.02 Å². The molecule has 0 unspecified atom stereocenters. The predicted octanol–water partition coefficient (Wildman–Crippen LogP) is 3.41. The van der Waals surface area contributed by atoms with Crippen molar-refractivity contribution < 1.29 is 23.8 Å². The number of anilines is 1. The molecule has 1 aliphatic rings. The number of halogens is 1. The van der Waals surface area contributed by atoms with Crippen molar-refractivity contribution in [2.24, 2.45) is 0 Å². The second-order valence-corrected chi connectivity index (χ2v) is 7.98. The third-order valence-electron chi connectivity index (χ3n) is 5.38. The molecule has 2 amide bonds. The summed E-state index contributed by atoms with van der Waals surface area (Å²) >= 11 is 6.22. The smallest absolute Gasteiger partial charge is 0.254 e. The van der Waals surface area contributed by atoms with Crippen LogP contribution >= 0.6 is 11.6 Å². The second-order valence-electron chi connectivity index (χ2n) is 7.57. The van der Waals surface area contributed by atoms with E-state index in [0.717, 1.165) is 13.1 Å². The topological polar surface area (TPSA) is 80.3 Å². The molecule has 33 heavy (non-hydrogen) atoms. The molecule has 1 saturated heterocycles. The Morgan fingerprint density at radius 3 is 2.30 bits per heavy atom. The largest absolute Gasteiger partial charge is 0.495 e. The Balaban J connectivity index is 1.75. The van der Waals surface area contributed by atoms with Crippen LogP contribution in [0.3, 0.4) is 0 Å². The molecule has 176 valence electrons. The number of piperazine rings is 1. The van der Waals surface area contributed by atoms with Gasteiger partial charge in [-0.1, -0.05) is 11.6 Å². The van der Waals surface area contributed by atoms with Crippen LogP contribution in [0.15, 0.2) is 36.4 Å². The maximum absolute atomic E-state index is 12.9. The van der Waals surface area contributed by atoms with Crippen LogP contribution in [0, 0.1) is 0 Å². The summed E-state index contributed by atoms with van der Waals surface area (Å²) in [6, 6.07) is 8.40. The van der Waals surface area contributed by atoms with Gasteiger partial charge in [-0.25, -0.2) is 0 Å². The minimum absolute atomic E-state index is 0.0724. The summed E-state index contributed by atoms with van der Waals surface area (Å²) in [7, 11) is 6.56. The van der Waals surface area contributed by atoms with Gasteiger partial charge in [0.15, 0.2) is 11.5 Å². The number of carbonyl (C=O) groups is 2. The Bertz CT molecular complexity index is 1050. The molecule has 9 heteroatoms. The summed E-state index contributed by atoms with van der Waals surface area (Å²) in [6.07, 6.45) is 2.97. The highest BCUT2D eigenvalue weighted by atomic mass is 35.5. The molecular formula is C24H28ClN3O5. The summed E-state index contributed by atoms with van der Waals surface area (Å²) in [5.74, 6) is 0.884. The van der Waals surface area contributed by atoms with Gasteiger partial charge < -0.3 is 29.3 Å². The zero-order chi connectivity index (χ0) is 24.0. The number of carbonyl (C=O) groups excluding carboxylic acids is 2. The molecule has 1 aliphatic heterocycles. The number of nitrogens with zero attached hydrogens (tertiary/aromatic N) is 2. The minimum Gasteiger partial charge on any atom is -0.495 e. The molecule has 0 spiro atoms. The molecule has 0 atom stereocenters. The van der Waals surface area contributed by atoms with Crippen molar-refractivity contribution in [1.82, 2.24) is 9.80 Å². The highest BCUT2D eigenvalue weighted by Crippen LogP contribution is 2.36. The first-order valence-corrected chi connectivity index (χ1v) is 10.8. The van der Waals surface area contributed by atoms with Gasteiger partial charge in [-0.15, -0.1) is 0 Å². The van der Waals surface area contributed by atoms with Crippen LogP contribution in [0.25, 0.3) is 6.08 Å². The number of benzene rings is 2. The van der Waals surface area contributed by atoms with Gasteiger partial charge in [-0.3, -0.25) is 9.59 Å². The normalized spacial score (nSPS) is 14.3. The van der Waals surface area contributed by atoms with Crippen LogP contribution in [0.5, 0.6) is 17.2 Å². The van der Waals surface area contributed by atoms with E-state index in [9.17, 15) is 9.59 Å². The van der Waals surface area contributed by atoms with E-state index in [-0.39, 0.29) is 11.8 Å². The number of methoxy groups -OCH3 is 3. The standard InChI is InChI=1S/C24H28ClN3O5/c1-27-9-11-28(12-10-27)24(30)17-6-7-20(31-2)19(15-17)26-22(29)8-5-16-13-18(25)23(33-4)21(14-16)32-3/h5-8,13-15H,9-12H2,1-4H3,(H,26,29)/b8-5+. The molecule has 0 aliphatic carbocycles. The molecule has 1 fully saturated rings. The fraction of sp³-hybridized carbons (Fsp3) is 0.333. The van der Waals surface area contributed by atoms with Crippen molar-refractivity contribution in [3.05, 3.63) is 52.6 Å². The number of likely N-dealkylation sites (N-methyl/N-ethyl adjacent to an activating group) is 1. The Morgan fingerprint density at radius 2 is 1.67 bits per heavy atom. The average molecular weight is 474 g/mol. The fourth-order valence-electron chi connectivity index (χ4n) is 3.51. The lowest BCUT2D eigenvalue weighted by Crippen LogP contribution is -2.47. The zero-order valence-corrected chi connectivity index (χ0v) is 19.9. The van der Waals surface area contributed by atoms with Gasteiger partial charge in [-0.2, -0.15) is 0 Å². The molecule has 1 N–H and O–H groups in total. The van der Waals surface area contributed by atoms with Crippen LogP contribution in [0.4, 0.5) is 5.69 Å². The van der Waals surface area contributed by atoms with Crippen molar-refractivity contribution in [2.45, 2.75) is 0 Å². The average Bonchev–Trinajstić information content (AvgIpc) is 2.82. The third-order valence-corrected chi connectivity index (χ3v) is 5.66. The molecule has 8 nitrogen and oxygen atoms in total. The lowest BCUT2D eigenvalue weighted by molar-refractivity contribution is -0.111. The van der Waals surface area contributed by atoms with E-state index >= 15 is 0 Å². The first-order valence-electron chi connectivity index (χ1n) is 10.4. The predicted molar refractivity (Wildman–Crippen MR) is 129 cm³/mol. The lowest BCUT2D eigenvalue weighted by Gasteiger charge is -2.32. The van der Waals surface area contributed by atoms with Crippen molar-refractivity contribution in [3.8, 4) is 17.2 Å². The van der Waals surface area contributed by atoms with Crippen molar-refractivity contribution in [3.63, 3.8) is 0 Å². The van der Waals surface area contributed by atoms with Crippen molar-refractivity contribution in [2.75, 3.05) is 59.9 Å². The Kier molecular flexibility index (Phi) is 8.19. The fourth-order valence-corrected chi connectivity index (χ4v) is 3.81. The van der Waals surface area contributed by atoms with E-state index in [1.807, 2.05) is 11.9 Å². The van der Waals surface area contributed by atoms with Crippen LogP contribution in [0.1, 0.15) is 15.9 Å². The summed E-state index contributed by atoms with van der Waals surface area (Å²) < 4.78 is 15.9. The molecule has 0 saturated carbocycles. The van der Waals surface area contributed by atoms with Crippen LogP contribution in [-0.4, -0.2) is 76.2 Å². The van der Waals surface area contributed by atoms with Crippen molar-refractivity contribution in [1.29, 1.82) is 0 Å². The quantitative estimate of drug-likeness (QED) is 0.621. The maximum atomic E-state index is 12.9. The highest BCUT2D eigenvalue weighted by molar-refractivity contribution is 6.32. The number of hydrogen-bond donors (Lipinski definition) is 1. The van der Waals surface area contributed by atoms with Gasteiger partial charge in [-0.05, 0) is 49.0 Å². The molecule has 1 heterocycles. The maximum Gasteiger partial charge on any atom is 0.254 e. The Labute approximate surface area is 198 Å². The molecule has 2 aromatic rings. The summed E-state index contributed by atoms with van der Waals surface area (Å²) in [5.41, 5.74) is 1.57. The first-order chi connectivity index (χ1) is 15.9. The number of hydrogen-bond acceptors (Lipinski definition) is 6. The summed E-state index contributed by atoms with van der Waals surface area (Å²) in [5, 5.41) is 3.15.